The molecule has 114 valence electrons. The SMILES string of the molecule is Cn1c2c(c(=O)n(C)c1=O)C(c1cccc(Br)c1)NC(=O)N2. The molecule has 1 aromatic heterocycles. The zero-order valence-corrected chi connectivity index (χ0v) is 13.5. The van der Waals surface area contributed by atoms with Gasteiger partial charge in [0.05, 0.1) is 11.6 Å². The third-order valence-corrected chi connectivity index (χ3v) is 4.17. The van der Waals surface area contributed by atoms with E-state index in [9.17, 15) is 14.4 Å². The number of hydrogen-bond acceptors (Lipinski definition) is 3. The van der Waals surface area contributed by atoms with Crippen molar-refractivity contribution in [2.45, 2.75) is 6.04 Å². The predicted molar refractivity (Wildman–Crippen MR) is 85.1 cm³/mol. The van der Waals surface area contributed by atoms with Gasteiger partial charge in [-0.1, -0.05) is 28.1 Å². The molecule has 0 bridgehead atoms. The second kappa shape index (κ2) is 5.13. The molecular formula is C14H13BrN4O3. The number of urea groups is 1. The largest absolute Gasteiger partial charge is 0.332 e. The molecule has 1 atom stereocenters. The molecular weight excluding hydrogens is 352 g/mol. The molecule has 2 N–H and O–H groups in total. The number of carbonyl (C=O) groups excluding carboxylic acids is 1. The fourth-order valence-corrected chi connectivity index (χ4v) is 2.98. The molecule has 0 spiro atoms. The van der Waals surface area contributed by atoms with E-state index in [0.29, 0.717) is 5.56 Å². The second-order valence-corrected chi connectivity index (χ2v) is 5.97. The van der Waals surface area contributed by atoms with Crippen LogP contribution in [-0.4, -0.2) is 15.2 Å². The van der Waals surface area contributed by atoms with Crippen molar-refractivity contribution in [1.29, 1.82) is 0 Å². The van der Waals surface area contributed by atoms with Gasteiger partial charge in [0.25, 0.3) is 5.56 Å². The Labute approximate surface area is 133 Å². The first-order valence-electron chi connectivity index (χ1n) is 6.53. The molecule has 1 aliphatic rings. The van der Waals surface area contributed by atoms with Crippen molar-refractivity contribution in [3.63, 3.8) is 0 Å². The highest BCUT2D eigenvalue weighted by atomic mass is 79.9. The van der Waals surface area contributed by atoms with Crippen LogP contribution >= 0.6 is 15.9 Å². The van der Waals surface area contributed by atoms with E-state index in [1.54, 1.807) is 0 Å². The monoisotopic (exact) mass is 364 g/mol. The van der Waals surface area contributed by atoms with E-state index in [1.807, 2.05) is 24.3 Å². The quantitative estimate of drug-likeness (QED) is 0.793. The van der Waals surface area contributed by atoms with Gasteiger partial charge in [-0.05, 0) is 17.7 Å². The van der Waals surface area contributed by atoms with E-state index in [0.717, 1.165) is 14.6 Å². The molecule has 0 aliphatic carbocycles. The predicted octanol–water partition coefficient (Wildman–Crippen LogP) is 1.07. The maximum absolute atomic E-state index is 12.5. The molecule has 8 heteroatoms. The van der Waals surface area contributed by atoms with Crippen LogP contribution in [0, 0.1) is 0 Å². The molecule has 1 unspecified atom stereocenters. The molecule has 7 nitrogen and oxygen atoms in total. The number of amides is 2. The van der Waals surface area contributed by atoms with Crippen LogP contribution < -0.4 is 21.9 Å². The highest BCUT2D eigenvalue weighted by Crippen LogP contribution is 2.29. The van der Waals surface area contributed by atoms with Gasteiger partial charge in [-0.25, -0.2) is 9.59 Å². The summed E-state index contributed by atoms with van der Waals surface area (Å²) in [5.74, 6) is 0.224. The Bertz CT molecular complexity index is 900. The molecule has 0 saturated carbocycles. The zero-order chi connectivity index (χ0) is 16.0. The van der Waals surface area contributed by atoms with E-state index in [2.05, 4.69) is 26.6 Å². The maximum Gasteiger partial charge on any atom is 0.332 e. The Morgan fingerprint density at radius 2 is 1.86 bits per heavy atom. The van der Waals surface area contributed by atoms with E-state index >= 15 is 0 Å². The summed E-state index contributed by atoms with van der Waals surface area (Å²) < 4.78 is 3.13. The van der Waals surface area contributed by atoms with E-state index in [-0.39, 0.29) is 5.82 Å². The number of fused-ring (bicyclic) bond motifs is 1. The van der Waals surface area contributed by atoms with Crippen LogP contribution in [0.4, 0.5) is 10.6 Å². The lowest BCUT2D eigenvalue weighted by Gasteiger charge is -2.28. The summed E-state index contributed by atoms with van der Waals surface area (Å²) in [4.78, 5) is 36.4. The van der Waals surface area contributed by atoms with Crippen molar-refractivity contribution in [2.24, 2.45) is 14.1 Å². The average Bonchev–Trinajstić information content (AvgIpc) is 2.50. The van der Waals surface area contributed by atoms with Gasteiger partial charge in [0, 0.05) is 18.6 Å². The van der Waals surface area contributed by atoms with Crippen LogP contribution in [0.2, 0.25) is 0 Å². The molecule has 0 radical (unpaired) electrons. The lowest BCUT2D eigenvalue weighted by molar-refractivity contribution is 0.248. The minimum absolute atomic E-state index is 0.224. The molecule has 2 heterocycles. The summed E-state index contributed by atoms with van der Waals surface area (Å²) in [5, 5.41) is 5.27. The summed E-state index contributed by atoms with van der Waals surface area (Å²) in [7, 11) is 2.93. The van der Waals surface area contributed by atoms with Gasteiger partial charge in [0.1, 0.15) is 5.82 Å². The van der Waals surface area contributed by atoms with Gasteiger partial charge in [0.15, 0.2) is 0 Å². The Hall–Kier alpha value is -2.35. The van der Waals surface area contributed by atoms with Crippen LogP contribution in [0.25, 0.3) is 0 Å². The molecule has 1 aliphatic heterocycles. The van der Waals surface area contributed by atoms with Crippen LogP contribution in [0.1, 0.15) is 17.2 Å². The summed E-state index contributed by atoms with van der Waals surface area (Å²) >= 11 is 3.38. The number of nitrogens with one attached hydrogen (secondary N) is 2. The fraction of sp³-hybridized carbons (Fsp3) is 0.214. The summed E-state index contributed by atoms with van der Waals surface area (Å²) in [6, 6.07) is 6.23. The smallest absolute Gasteiger partial charge is 0.327 e. The Morgan fingerprint density at radius 3 is 2.55 bits per heavy atom. The van der Waals surface area contributed by atoms with Crippen molar-refractivity contribution in [3.8, 4) is 0 Å². The lowest BCUT2D eigenvalue weighted by atomic mass is 9.98. The van der Waals surface area contributed by atoms with E-state index in [4.69, 9.17) is 0 Å². The summed E-state index contributed by atoms with van der Waals surface area (Å²) in [6.07, 6.45) is 0. The number of rotatable bonds is 1. The summed E-state index contributed by atoms with van der Waals surface area (Å²) in [6.45, 7) is 0. The van der Waals surface area contributed by atoms with Crippen LogP contribution in [0.15, 0.2) is 38.3 Å². The molecule has 1 aromatic carbocycles. The number of nitrogens with zero attached hydrogens (tertiary/aromatic N) is 2. The minimum atomic E-state index is -0.619. The topological polar surface area (TPSA) is 85.1 Å². The van der Waals surface area contributed by atoms with Crippen LogP contribution in [0.3, 0.4) is 0 Å². The first-order chi connectivity index (χ1) is 10.4. The molecule has 3 rings (SSSR count). The first kappa shape index (κ1) is 14.6. The average molecular weight is 365 g/mol. The highest BCUT2D eigenvalue weighted by Gasteiger charge is 2.31. The number of anilines is 1. The third-order valence-electron chi connectivity index (χ3n) is 3.68. The van der Waals surface area contributed by atoms with Gasteiger partial charge in [-0.2, -0.15) is 0 Å². The molecule has 2 aromatic rings. The molecule has 22 heavy (non-hydrogen) atoms. The number of aromatic nitrogens is 2. The Kier molecular flexibility index (Phi) is 3.40. The van der Waals surface area contributed by atoms with Crippen molar-refractivity contribution in [1.82, 2.24) is 14.5 Å². The van der Waals surface area contributed by atoms with Crippen molar-refractivity contribution in [3.05, 3.63) is 60.7 Å². The van der Waals surface area contributed by atoms with Crippen molar-refractivity contribution >= 4 is 27.8 Å². The standard InChI is InChI=1S/C14H13BrN4O3/c1-18-11-9(12(20)19(2)14(18)22)10(16-13(21)17-11)7-4-3-5-8(15)6-7/h3-6,10H,1-2H3,(H2,16,17,21). The second-order valence-electron chi connectivity index (χ2n) is 5.05. The van der Waals surface area contributed by atoms with E-state index in [1.165, 1.54) is 18.7 Å². The van der Waals surface area contributed by atoms with Crippen LogP contribution in [-0.2, 0) is 14.1 Å². The normalized spacial score (nSPS) is 16.7. The Morgan fingerprint density at radius 1 is 1.14 bits per heavy atom. The number of carbonyl (C=O) groups is 1. The molecule has 2 amide bonds. The first-order valence-corrected chi connectivity index (χ1v) is 7.32. The van der Waals surface area contributed by atoms with Gasteiger partial charge in [0.2, 0.25) is 0 Å². The number of benzene rings is 1. The van der Waals surface area contributed by atoms with Gasteiger partial charge < -0.3 is 5.32 Å². The zero-order valence-electron chi connectivity index (χ0n) is 11.9. The fourth-order valence-electron chi connectivity index (χ4n) is 2.56. The van der Waals surface area contributed by atoms with Crippen molar-refractivity contribution < 1.29 is 4.79 Å². The van der Waals surface area contributed by atoms with Gasteiger partial charge in [-0.15, -0.1) is 0 Å². The minimum Gasteiger partial charge on any atom is -0.327 e. The third kappa shape index (κ3) is 2.16. The summed E-state index contributed by atoms with van der Waals surface area (Å²) in [5.41, 5.74) is 0.165. The van der Waals surface area contributed by atoms with Gasteiger partial charge >= 0.3 is 11.7 Å². The Balaban J connectivity index is 2.33. The van der Waals surface area contributed by atoms with E-state index < -0.39 is 23.3 Å². The highest BCUT2D eigenvalue weighted by molar-refractivity contribution is 9.10. The molecule has 0 fully saturated rings. The molecule has 0 saturated heterocycles. The lowest BCUT2D eigenvalue weighted by Crippen LogP contribution is -2.49. The van der Waals surface area contributed by atoms with Gasteiger partial charge in [-0.3, -0.25) is 19.2 Å². The number of halogens is 1. The number of hydrogen-bond donors (Lipinski definition) is 2. The van der Waals surface area contributed by atoms with Crippen LogP contribution in [0.5, 0.6) is 0 Å². The maximum atomic E-state index is 12.5. The van der Waals surface area contributed by atoms with Crippen molar-refractivity contribution in [2.75, 3.05) is 5.32 Å².